The van der Waals surface area contributed by atoms with Crippen LogP contribution < -0.4 is 10.1 Å². The molecule has 0 bridgehead atoms. The van der Waals surface area contributed by atoms with Crippen LogP contribution >= 0.6 is 15.9 Å². The predicted octanol–water partition coefficient (Wildman–Crippen LogP) is 2.59. The molecule has 1 N–H and O–H groups in total. The molecular weight excluding hydrogens is 289 g/mol. The lowest BCUT2D eigenvalue weighted by Crippen LogP contribution is -2.25. The third-order valence-electron chi connectivity index (χ3n) is 2.07. The summed E-state index contributed by atoms with van der Waals surface area (Å²) >= 11 is 3.11. The van der Waals surface area contributed by atoms with E-state index in [1.54, 1.807) is 12.1 Å². The van der Waals surface area contributed by atoms with Crippen molar-refractivity contribution < 1.29 is 13.9 Å². The maximum atomic E-state index is 12.9. The van der Waals surface area contributed by atoms with Gasteiger partial charge in [-0.1, -0.05) is 0 Å². The van der Waals surface area contributed by atoms with Crippen LogP contribution in [0, 0.1) is 5.82 Å². The molecule has 0 saturated carbocycles. The molecule has 0 aliphatic carbocycles. The van der Waals surface area contributed by atoms with Gasteiger partial charge in [0.15, 0.2) is 0 Å². The monoisotopic (exact) mass is 305 g/mol. The summed E-state index contributed by atoms with van der Waals surface area (Å²) in [6, 6.07) is 4.61. The molecule has 0 atom stereocenters. The van der Waals surface area contributed by atoms with Gasteiger partial charge in [-0.25, -0.2) is 4.39 Å². The molecule has 0 spiro atoms. The lowest BCUT2D eigenvalue weighted by Gasteiger charge is -2.08. The van der Waals surface area contributed by atoms with Crippen molar-refractivity contribution in [2.24, 2.45) is 0 Å². The highest BCUT2D eigenvalue weighted by atomic mass is 79.9. The third kappa shape index (κ3) is 6.00. The maximum absolute atomic E-state index is 12.9. The van der Waals surface area contributed by atoms with Gasteiger partial charge in [-0.15, -0.1) is 0 Å². The van der Waals surface area contributed by atoms with Gasteiger partial charge >= 0.3 is 0 Å². The first-order chi connectivity index (χ1) is 8.24. The molecule has 0 saturated heterocycles. The van der Waals surface area contributed by atoms with E-state index < -0.39 is 0 Å². The van der Waals surface area contributed by atoms with Gasteiger partial charge in [0.1, 0.15) is 18.2 Å². The normalized spacial score (nSPS) is 10.5. The van der Waals surface area contributed by atoms with Gasteiger partial charge in [-0.05, 0) is 41.1 Å². The number of rotatable bonds is 8. The molecule has 0 fully saturated rings. The van der Waals surface area contributed by atoms with Crippen LogP contribution in [0.1, 0.15) is 6.92 Å². The molecule has 5 heteroatoms. The van der Waals surface area contributed by atoms with Gasteiger partial charge in [0.25, 0.3) is 0 Å². The van der Waals surface area contributed by atoms with E-state index >= 15 is 0 Å². The first kappa shape index (κ1) is 14.4. The summed E-state index contributed by atoms with van der Waals surface area (Å²) in [6.07, 6.45) is 0. The van der Waals surface area contributed by atoms with Crippen LogP contribution in [-0.2, 0) is 4.74 Å². The lowest BCUT2D eigenvalue weighted by molar-refractivity contribution is 0.148. The highest BCUT2D eigenvalue weighted by Gasteiger charge is 2.00. The Hall–Kier alpha value is -0.650. The minimum atomic E-state index is -0.285. The molecular formula is C12H17BrFNO2. The van der Waals surface area contributed by atoms with Crippen LogP contribution in [0.2, 0.25) is 0 Å². The smallest absolute Gasteiger partial charge is 0.137 e. The summed E-state index contributed by atoms with van der Waals surface area (Å²) in [4.78, 5) is 0. The zero-order valence-corrected chi connectivity index (χ0v) is 11.4. The van der Waals surface area contributed by atoms with Crippen molar-refractivity contribution in [3.63, 3.8) is 0 Å². The summed E-state index contributed by atoms with van der Waals surface area (Å²) in [5.41, 5.74) is 0. The fraction of sp³-hybridized carbons (Fsp3) is 0.500. The zero-order valence-electron chi connectivity index (χ0n) is 9.84. The zero-order chi connectivity index (χ0) is 12.5. The van der Waals surface area contributed by atoms with E-state index in [0.717, 1.165) is 19.7 Å². The summed E-state index contributed by atoms with van der Waals surface area (Å²) in [5.74, 6) is 0.372. The van der Waals surface area contributed by atoms with E-state index in [-0.39, 0.29) is 5.82 Å². The SMILES string of the molecule is CCOCCNCCOc1ccc(F)c(Br)c1. The Morgan fingerprint density at radius 2 is 2.06 bits per heavy atom. The molecule has 0 aliphatic rings. The molecule has 0 amide bonds. The number of nitrogens with one attached hydrogen (secondary N) is 1. The van der Waals surface area contributed by atoms with Crippen molar-refractivity contribution in [2.45, 2.75) is 6.92 Å². The summed E-state index contributed by atoms with van der Waals surface area (Å²) in [6.45, 7) is 5.51. The van der Waals surface area contributed by atoms with Gasteiger partial charge in [0, 0.05) is 19.7 Å². The van der Waals surface area contributed by atoms with Gasteiger partial charge < -0.3 is 14.8 Å². The van der Waals surface area contributed by atoms with Crippen LogP contribution in [0.5, 0.6) is 5.75 Å². The topological polar surface area (TPSA) is 30.5 Å². The summed E-state index contributed by atoms with van der Waals surface area (Å²) in [5, 5.41) is 3.18. The predicted molar refractivity (Wildman–Crippen MR) is 69.0 cm³/mol. The Kier molecular flexibility index (Phi) is 7.16. The maximum Gasteiger partial charge on any atom is 0.137 e. The van der Waals surface area contributed by atoms with Crippen molar-refractivity contribution >= 4 is 15.9 Å². The Morgan fingerprint density at radius 1 is 1.29 bits per heavy atom. The van der Waals surface area contributed by atoms with Crippen LogP contribution in [0.25, 0.3) is 0 Å². The van der Waals surface area contributed by atoms with Gasteiger partial charge in [-0.2, -0.15) is 0 Å². The fourth-order valence-corrected chi connectivity index (χ4v) is 1.58. The van der Waals surface area contributed by atoms with E-state index in [9.17, 15) is 4.39 Å². The first-order valence-corrected chi connectivity index (χ1v) is 6.39. The first-order valence-electron chi connectivity index (χ1n) is 5.60. The number of ether oxygens (including phenoxy) is 2. The standard InChI is InChI=1S/C12H17BrFNO2/c1-2-16-7-5-15-6-8-17-10-3-4-12(14)11(13)9-10/h3-4,9,15H,2,5-8H2,1H3. The molecule has 96 valence electrons. The molecule has 0 unspecified atom stereocenters. The van der Waals surface area contributed by atoms with Gasteiger partial charge in [0.2, 0.25) is 0 Å². The molecule has 1 aromatic carbocycles. The minimum absolute atomic E-state index is 0.285. The molecule has 1 aromatic rings. The number of halogens is 2. The molecule has 1 rings (SSSR count). The molecule has 0 aromatic heterocycles. The van der Waals surface area contributed by atoms with E-state index in [1.807, 2.05) is 6.92 Å². The molecule has 0 radical (unpaired) electrons. The quantitative estimate of drug-likeness (QED) is 0.749. The van der Waals surface area contributed by atoms with E-state index in [0.29, 0.717) is 23.4 Å². The molecule has 3 nitrogen and oxygen atoms in total. The average molecular weight is 306 g/mol. The Balaban J connectivity index is 2.11. The average Bonchev–Trinajstić information content (AvgIpc) is 2.32. The molecule has 0 heterocycles. The van der Waals surface area contributed by atoms with E-state index in [2.05, 4.69) is 21.2 Å². The fourth-order valence-electron chi connectivity index (χ4n) is 1.22. The largest absolute Gasteiger partial charge is 0.492 e. The van der Waals surface area contributed by atoms with Gasteiger partial charge in [0.05, 0.1) is 11.1 Å². The second-order valence-corrected chi connectivity index (χ2v) is 4.23. The number of hydrogen-bond donors (Lipinski definition) is 1. The number of hydrogen-bond acceptors (Lipinski definition) is 3. The van der Waals surface area contributed by atoms with Crippen LogP contribution in [0.15, 0.2) is 22.7 Å². The van der Waals surface area contributed by atoms with Crippen molar-refractivity contribution in [1.82, 2.24) is 5.32 Å². The summed E-state index contributed by atoms with van der Waals surface area (Å²) < 4.78 is 24.0. The van der Waals surface area contributed by atoms with Crippen molar-refractivity contribution in [3.8, 4) is 5.75 Å². The van der Waals surface area contributed by atoms with Crippen molar-refractivity contribution in [1.29, 1.82) is 0 Å². The van der Waals surface area contributed by atoms with Crippen LogP contribution in [0.3, 0.4) is 0 Å². The second-order valence-electron chi connectivity index (χ2n) is 3.37. The molecule has 0 aliphatic heterocycles. The Labute approximate surface area is 109 Å². The Bertz CT molecular complexity index is 336. The molecule has 17 heavy (non-hydrogen) atoms. The van der Waals surface area contributed by atoms with Crippen LogP contribution in [0.4, 0.5) is 4.39 Å². The minimum Gasteiger partial charge on any atom is -0.492 e. The van der Waals surface area contributed by atoms with E-state index in [4.69, 9.17) is 9.47 Å². The summed E-state index contributed by atoms with van der Waals surface area (Å²) in [7, 11) is 0. The lowest BCUT2D eigenvalue weighted by atomic mass is 10.3. The van der Waals surface area contributed by atoms with E-state index in [1.165, 1.54) is 6.07 Å². The Morgan fingerprint density at radius 3 is 2.76 bits per heavy atom. The van der Waals surface area contributed by atoms with Gasteiger partial charge in [-0.3, -0.25) is 0 Å². The highest BCUT2D eigenvalue weighted by Crippen LogP contribution is 2.21. The third-order valence-corrected chi connectivity index (χ3v) is 2.67. The second kappa shape index (κ2) is 8.44. The van der Waals surface area contributed by atoms with Crippen molar-refractivity contribution in [2.75, 3.05) is 32.9 Å². The number of benzene rings is 1. The van der Waals surface area contributed by atoms with Crippen LogP contribution in [-0.4, -0.2) is 32.9 Å². The van der Waals surface area contributed by atoms with Crippen molar-refractivity contribution in [3.05, 3.63) is 28.5 Å². The highest BCUT2D eigenvalue weighted by molar-refractivity contribution is 9.10.